The molecule has 0 aliphatic heterocycles. The molecule has 2 rings (SSSR count). The van der Waals surface area contributed by atoms with Crippen LogP contribution in [-0.2, 0) is 0 Å². The van der Waals surface area contributed by atoms with Gasteiger partial charge < -0.3 is 9.84 Å². The Balaban J connectivity index is 2.18. The van der Waals surface area contributed by atoms with E-state index in [1.165, 1.54) is 0 Å². The molecular weight excluding hydrogens is 355 g/mol. The average molecular weight is 370 g/mol. The molecule has 1 amide bonds. The van der Waals surface area contributed by atoms with E-state index in [1.54, 1.807) is 0 Å². The fourth-order valence-corrected chi connectivity index (χ4v) is 2.73. The molecule has 0 radical (unpaired) electrons. The Morgan fingerprint density at radius 3 is 2.63 bits per heavy atom. The largest absolute Gasteiger partial charge is 0.361 e. The average Bonchev–Trinajstić information content (AvgIpc) is 2.69. The van der Waals surface area contributed by atoms with Gasteiger partial charge in [0.2, 0.25) is 0 Å². The molecule has 0 fully saturated rings. The van der Waals surface area contributed by atoms with Crippen LogP contribution in [0.1, 0.15) is 40.3 Å². The minimum Gasteiger partial charge on any atom is -0.361 e. The summed E-state index contributed by atoms with van der Waals surface area (Å²) in [5, 5.41) is 6.88. The lowest BCUT2D eigenvalue weighted by molar-refractivity contribution is 0.0939. The second-order valence-electron chi connectivity index (χ2n) is 4.41. The van der Waals surface area contributed by atoms with Crippen LogP contribution in [0.2, 0.25) is 0 Å². The Kier molecular flexibility index (Phi) is 4.24. The maximum absolute atomic E-state index is 12.2. The van der Waals surface area contributed by atoms with Gasteiger partial charge in [0.05, 0.1) is 17.3 Å². The molecule has 100 valence electrons. The molecule has 0 bridgehead atoms. The summed E-state index contributed by atoms with van der Waals surface area (Å²) in [7, 11) is 0. The molecule has 1 aromatic carbocycles. The summed E-state index contributed by atoms with van der Waals surface area (Å²) in [4.78, 5) is 12.2. The van der Waals surface area contributed by atoms with E-state index in [1.807, 2.05) is 45.0 Å². The number of nitrogens with one attached hydrogen (secondary N) is 1. The van der Waals surface area contributed by atoms with Gasteiger partial charge in [-0.05, 0) is 55.5 Å². The highest BCUT2D eigenvalue weighted by molar-refractivity contribution is 14.1. The van der Waals surface area contributed by atoms with Crippen molar-refractivity contribution in [2.75, 3.05) is 0 Å². The van der Waals surface area contributed by atoms with Crippen molar-refractivity contribution in [3.05, 3.63) is 50.4 Å². The molecule has 2 aromatic rings. The van der Waals surface area contributed by atoms with Crippen molar-refractivity contribution in [3.63, 3.8) is 0 Å². The van der Waals surface area contributed by atoms with Crippen molar-refractivity contribution in [3.8, 4) is 0 Å². The zero-order valence-electron chi connectivity index (χ0n) is 11.0. The molecule has 0 aliphatic carbocycles. The van der Waals surface area contributed by atoms with Crippen molar-refractivity contribution in [2.45, 2.75) is 26.8 Å². The molecule has 1 unspecified atom stereocenters. The fourth-order valence-electron chi connectivity index (χ4n) is 2.10. The van der Waals surface area contributed by atoms with Crippen LogP contribution in [0, 0.1) is 17.4 Å². The molecule has 4 nitrogen and oxygen atoms in total. The second kappa shape index (κ2) is 5.73. The normalized spacial score (nSPS) is 12.2. The van der Waals surface area contributed by atoms with Gasteiger partial charge in [0, 0.05) is 9.13 Å². The SMILES string of the molecule is Cc1noc(C)c1C(C)NC(=O)c1ccccc1I. The summed E-state index contributed by atoms with van der Waals surface area (Å²) in [5.41, 5.74) is 2.44. The molecule has 19 heavy (non-hydrogen) atoms. The van der Waals surface area contributed by atoms with Crippen molar-refractivity contribution >= 4 is 28.5 Å². The standard InChI is InChI=1S/C14H15IN2O2/c1-8(13-9(2)17-19-10(13)3)16-14(18)11-6-4-5-7-12(11)15/h4-8H,1-3H3,(H,16,18). The Labute approximate surface area is 125 Å². The summed E-state index contributed by atoms with van der Waals surface area (Å²) < 4.78 is 6.06. The Morgan fingerprint density at radius 1 is 1.37 bits per heavy atom. The van der Waals surface area contributed by atoms with Crippen LogP contribution in [0.3, 0.4) is 0 Å². The van der Waals surface area contributed by atoms with Crippen LogP contribution >= 0.6 is 22.6 Å². The number of hydrogen-bond donors (Lipinski definition) is 1. The van der Waals surface area contributed by atoms with Crippen molar-refractivity contribution in [1.29, 1.82) is 0 Å². The molecule has 0 aliphatic rings. The maximum atomic E-state index is 12.2. The van der Waals surface area contributed by atoms with Crippen LogP contribution in [0.4, 0.5) is 0 Å². The minimum atomic E-state index is -0.130. The molecule has 0 saturated heterocycles. The van der Waals surface area contributed by atoms with Gasteiger partial charge in [-0.2, -0.15) is 0 Å². The molecule has 1 aromatic heterocycles. The Hall–Kier alpha value is -1.37. The van der Waals surface area contributed by atoms with Gasteiger partial charge in [-0.1, -0.05) is 17.3 Å². The number of benzene rings is 1. The number of carbonyl (C=O) groups excluding carboxylic acids is 1. The van der Waals surface area contributed by atoms with Gasteiger partial charge in [0.1, 0.15) is 5.76 Å². The highest BCUT2D eigenvalue weighted by Gasteiger charge is 2.19. The first-order valence-corrected chi connectivity index (χ1v) is 7.06. The third-order valence-electron chi connectivity index (χ3n) is 2.99. The zero-order valence-corrected chi connectivity index (χ0v) is 13.2. The first-order chi connectivity index (χ1) is 9.00. The lowest BCUT2D eigenvalue weighted by Crippen LogP contribution is -2.27. The predicted molar refractivity (Wildman–Crippen MR) is 81.0 cm³/mol. The van der Waals surface area contributed by atoms with Crippen LogP contribution in [0.5, 0.6) is 0 Å². The van der Waals surface area contributed by atoms with Crippen molar-refractivity contribution in [2.24, 2.45) is 0 Å². The van der Waals surface area contributed by atoms with Gasteiger partial charge in [0.15, 0.2) is 0 Å². The first kappa shape index (κ1) is 14.0. The third kappa shape index (κ3) is 2.97. The Bertz CT molecular complexity index is 588. The van der Waals surface area contributed by atoms with Crippen molar-refractivity contribution in [1.82, 2.24) is 10.5 Å². The van der Waals surface area contributed by atoms with Gasteiger partial charge in [-0.15, -0.1) is 0 Å². The number of nitrogens with zero attached hydrogens (tertiary/aromatic N) is 1. The van der Waals surface area contributed by atoms with Gasteiger partial charge in [-0.25, -0.2) is 0 Å². The molecule has 1 N–H and O–H groups in total. The van der Waals surface area contributed by atoms with Gasteiger partial charge in [-0.3, -0.25) is 4.79 Å². The van der Waals surface area contributed by atoms with E-state index in [4.69, 9.17) is 4.52 Å². The molecule has 0 saturated carbocycles. The number of rotatable bonds is 3. The lowest BCUT2D eigenvalue weighted by atomic mass is 10.1. The van der Waals surface area contributed by atoms with E-state index in [9.17, 15) is 4.79 Å². The van der Waals surface area contributed by atoms with Crippen LogP contribution in [-0.4, -0.2) is 11.1 Å². The third-order valence-corrected chi connectivity index (χ3v) is 3.93. The summed E-state index contributed by atoms with van der Waals surface area (Å²) in [5.74, 6) is 0.658. The molecule has 1 heterocycles. The second-order valence-corrected chi connectivity index (χ2v) is 5.58. The topological polar surface area (TPSA) is 55.1 Å². The van der Waals surface area contributed by atoms with E-state index in [0.29, 0.717) is 5.56 Å². The quantitative estimate of drug-likeness (QED) is 0.843. The smallest absolute Gasteiger partial charge is 0.252 e. The van der Waals surface area contributed by atoms with E-state index in [2.05, 4.69) is 33.1 Å². The first-order valence-electron chi connectivity index (χ1n) is 5.99. The number of aromatic nitrogens is 1. The molecule has 1 atom stereocenters. The molecular formula is C14H15IN2O2. The summed E-state index contributed by atoms with van der Waals surface area (Å²) >= 11 is 2.16. The van der Waals surface area contributed by atoms with Crippen LogP contribution in [0.25, 0.3) is 0 Å². The van der Waals surface area contributed by atoms with Gasteiger partial charge >= 0.3 is 0 Å². The lowest BCUT2D eigenvalue weighted by Gasteiger charge is -2.14. The fraction of sp³-hybridized carbons (Fsp3) is 0.286. The van der Waals surface area contributed by atoms with Crippen LogP contribution < -0.4 is 5.32 Å². The summed E-state index contributed by atoms with van der Waals surface area (Å²) in [6, 6.07) is 7.37. The van der Waals surface area contributed by atoms with Gasteiger partial charge in [0.25, 0.3) is 5.91 Å². The molecule has 0 spiro atoms. The maximum Gasteiger partial charge on any atom is 0.252 e. The number of carbonyl (C=O) groups is 1. The minimum absolute atomic E-state index is 0.0856. The van der Waals surface area contributed by atoms with E-state index in [-0.39, 0.29) is 11.9 Å². The number of hydrogen-bond acceptors (Lipinski definition) is 3. The van der Waals surface area contributed by atoms with E-state index >= 15 is 0 Å². The number of aryl methyl sites for hydroxylation is 2. The Morgan fingerprint density at radius 2 is 2.05 bits per heavy atom. The monoisotopic (exact) mass is 370 g/mol. The molecule has 5 heteroatoms. The summed E-state index contributed by atoms with van der Waals surface area (Å²) in [6.07, 6.45) is 0. The number of amides is 1. The number of halogens is 1. The van der Waals surface area contributed by atoms with E-state index in [0.717, 1.165) is 20.6 Å². The summed E-state index contributed by atoms with van der Waals surface area (Å²) in [6.45, 7) is 5.66. The highest BCUT2D eigenvalue weighted by Crippen LogP contribution is 2.21. The highest BCUT2D eigenvalue weighted by atomic mass is 127. The van der Waals surface area contributed by atoms with Crippen LogP contribution in [0.15, 0.2) is 28.8 Å². The van der Waals surface area contributed by atoms with E-state index < -0.39 is 0 Å². The van der Waals surface area contributed by atoms with Crippen molar-refractivity contribution < 1.29 is 9.32 Å². The zero-order chi connectivity index (χ0) is 14.0. The predicted octanol–water partition coefficient (Wildman–Crippen LogP) is 3.39.